The predicted molar refractivity (Wildman–Crippen MR) is 64.7 cm³/mol. The van der Waals surface area contributed by atoms with Crippen LogP contribution in [-0.4, -0.2) is 11.1 Å². The second-order valence-corrected chi connectivity index (χ2v) is 3.76. The summed E-state index contributed by atoms with van der Waals surface area (Å²) in [4.78, 5) is 10.8. The van der Waals surface area contributed by atoms with Crippen molar-refractivity contribution in [1.29, 1.82) is 0 Å². The highest BCUT2D eigenvalue weighted by Gasteiger charge is 2.14. The summed E-state index contributed by atoms with van der Waals surface area (Å²) >= 11 is 11.0. The van der Waals surface area contributed by atoms with Gasteiger partial charge in [-0.2, -0.15) is 0 Å². The Morgan fingerprint density at radius 2 is 1.93 bits per heavy atom. The number of rotatable bonds is 2. The fraction of sp³-hybridized carbons (Fsp3) is 0.100. The summed E-state index contributed by atoms with van der Waals surface area (Å²) in [5, 5.41) is 8.86. The second kappa shape index (κ2) is 6.01. The van der Waals surface area contributed by atoms with Crippen LogP contribution in [0.15, 0.2) is 28.8 Å². The molecule has 0 fully saturated rings. The fourth-order valence-electron chi connectivity index (χ4n) is 1.11. The van der Waals surface area contributed by atoms with Crippen molar-refractivity contribution in [1.82, 2.24) is 0 Å². The molecular weight excluding hydrogens is 258 g/mol. The van der Waals surface area contributed by atoms with E-state index in [0.717, 1.165) is 5.56 Å². The van der Waals surface area contributed by atoms with Crippen LogP contribution in [0.25, 0.3) is 5.57 Å². The number of aliphatic carboxylic acids is 1. The lowest BCUT2D eigenvalue weighted by molar-refractivity contribution is -0.130. The first-order chi connectivity index (χ1) is 6.52. The molecule has 15 heavy (non-hydrogen) atoms. The number of carbonyl (C=O) groups is 1. The van der Waals surface area contributed by atoms with Crippen molar-refractivity contribution < 1.29 is 9.90 Å². The van der Waals surface area contributed by atoms with Crippen LogP contribution in [0.4, 0.5) is 0 Å². The molecule has 0 bridgehead atoms. The molecule has 0 aromatic heterocycles. The molecule has 0 saturated carbocycles. The molecule has 1 aromatic carbocycles. The molecule has 5 heteroatoms. The average Bonchev–Trinajstić information content (AvgIpc) is 2.02. The Bertz CT molecular complexity index is 395. The third-order valence-corrected chi connectivity index (χ3v) is 2.09. The van der Waals surface area contributed by atoms with Gasteiger partial charge < -0.3 is 5.11 Å². The topological polar surface area (TPSA) is 37.3 Å². The van der Waals surface area contributed by atoms with Crippen molar-refractivity contribution in [3.05, 3.63) is 39.9 Å². The molecule has 0 aliphatic rings. The molecule has 0 saturated heterocycles. The smallest absolute Gasteiger partial charge is 0.338 e. The van der Waals surface area contributed by atoms with E-state index in [1.807, 2.05) is 13.0 Å². The van der Waals surface area contributed by atoms with Gasteiger partial charge in [0.25, 0.3) is 0 Å². The second-order valence-electron chi connectivity index (χ2n) is 2.81. The Balaban J connectivity index is 0.00000196. The summed E-state index contributed by atoms with van der Waals surface area (Å²) in [5.41, 5.74) is 1.39. The molecule has 0 unspecified atom stereocenters. The number of carboxylic acid groups (broad SMARTS) is 1. The maximum atomic E-state index is 10.8. The molecule has 0 amide bonds. The van der Waals surface area contributed by atoms with E-state index in [4.69, 9.17) is 28.3 Å². The quantitative estimate of drug-likeness (QED) is 0.831. The standard InChI is InChI=1S/C10H8Cl2O2.ClH/c1-6-3-2-4-7(5-6)8(9(11)12)10(13)14;/h2-5H,1H3,(H,13,14);1H. The van der Waals surface area contributed by atoms with Crippen LogP contribution in [0.5, 0.6) is 0 Å². The normalized spacial score (nSPS) is 9.00. The van der Waals surface area contributed by atoms with Crippen LogP contribution in [0.2, 0.25) is 0 Å². The van der Waals surface area contributed by atoms with Crippen molar-refractivity contribution in [2.75, 3.05) is 0 Å². The van der Waals surface area contributed by atoms with Gasteiger partial charge in [0, 0.05) is 0 Å². The number of carboxylic acids is 1. The minimum atomic E-state index is -1.13. The largest absolute Gasteiger partial charge is 0.478 e. The Morgan fingerprint density at radius 1 is 1.33 bits per heavy atom. The number of benzene rings is 1. The lowest BCUT2D eigenvalue weighted by Gasteiger charge is -2.03. The summed E-state index contributed by atoms with van der Waals surface area (Å²) in [7, 11) is 0. The van der Waals surface area contributed by atoms with Crippen molar-refractivity contribution in [2.45, 2.75) is 6.92 Å². The first-order valence-electron chi connectivity index (χ1n) is 3.88. The Labute approximate surface area is 104 Å². The first-order valence-corrected chi connectivity index (χ1v) is 4.63. The van der Waals surface area contributed by atoms with Crippen LogP contribution in [0.3, 0.4) is 0 Å². The molecule has 0 aliphatic carbocycles. The molecule has 0 aliphatic heterocycles. The van der Waals surface area contributed by atoms with Crippen LogP contribution < -0.4 is 0 Å². The summed E-state index contributed by atoms with van der Waals surface area (Å²) in [6.07, 6.45) is 0. The molecule has 1 rings (SSSR count). The maximum Gasteiger partial charge on any atom is 0.338 e. The van der Waals surface area contributed by atoms with Crippen molar-refractivity contribution in [3.63, 3.8) is 0 Å². The molecule has 1 N–H and O–H groups in total. The highest BCUT2D eigenvalue weighted by molar-refractivity contribution is 6.61. The number of aryl methyl sites for hydroxylation is 1. The van der Waals surface area contributed by atoms with Crippen LogP contribution in [0, 0.1) is 6.92 Å². The van der Waals surface area contributed by atoms with E-state index in [2.05, 4.69) is 0 Å². The molecular formula is C10H9Cl3O2. The summed E-state index contributed by atoms with van der Waals surface area (Å²) in [5.74, 6) is -1.13. The van der Waals surface area contributed by atoms with Gasteiger partial charge in [-0.05, 0) is 12.5 Å². The summed E-state index contributed by atoms with van der Waals surface area (Å²) in [6, 6.07) is 6.99. The zero-order chi connectivity index (χ0) is 10.7. The maximum absolute atomic E-state index is 10.8. The predicted octanol–water partition coefficient (Wildman–Crippen LogP) is 3.65. The van der Waals surface area contributed by atoms with Gasteiger partial charge in [-0.15, -0.1) is 12.4 Å². The molecule has 1 aromatic rings. The summed E-state index contributed by atoms with van der Waals surface area (Å²) < 4.78 is -0.233. The lowest BCUT2D eigenvalue weighted by atomic mass is 10.1. The zero-order valence-corrected chi connectivity index (χ0v) is 10.2. The van der Waals surface area contributed by atoms with E-state index in [0.29, 0.717) is 5.56 Å². The highest BCUT2D eigenvalue weighted by atomic mass is 35.5. The van der Waals surface area contributed by atoms with Gasteiger partial charge in [0.2, 0.25) is 0 Å². The van der Waals surface area contributed by atoms with E-state index >= 15 is 0 Å². The van der Waals surface area contributed by atoms with E-state index in [9.17, 15) is 4.79 Å². The van der Waals surface area contributed by atoms with Crippen LogP contribution >= 0.6 is 35.6 Å². The number of halogens is 3. The molecule has 2 nitrogen and oxygen atoms in total. The van der Waals surface area contributed by atoms with Crippen LogP contribution in [-0.2, 0) is 4.79 Å². The highest BCUT2D eigenvalue weighted by Crippen LogP contribution is 2.25. The minimum absolute atomic E-state index is 0. The third-order valence-electron chi connectivity index (χ3n) is 1.71. The fourth-order valence-corrected chi connectivity index (χ4v) is 1.49. The van der Waals surface area contributed by atoms with Crippen LogP contribution in [0.1, 0.15) is 11.1 Å². The van der Waals surface area contributed by atoms with Gasteiger partial charge in [-0.25, -0.2) is 4.79 Å². The molecule has 0 heterocycles. The van der Waals surface area contributed by atoms with Gasteiger partial charge in [0.05, 0.1) is 5.57 Å². The van der Waals surface area contributed by atoms with E-state index in [1.165, 1.54) is 0 Å². The molecule has 0 spiro atoms. The van der Waals surface area contributed by atoms with E-state index < -0.39 is 5.97 Å². The number of hydrogen-bond donors (Lipinski definition) is 1. The Kier molecular flexibility index (Phi) is 5.73. The van der Waals surface area contributed by atoms with Gasteiger partial charge in [0.15, 0.2) is 0 Å². The summed E-state index contributed by atoms with van der Waals surface area (Å²) in [6.45, 7) is 1.87. The number of hydrogen-bond acceptors (Lipinski definition) is 1. The zero-order valence-electron chi connectivity index (χ0n) is 7.83. The minimum Gasteiger partial charge on any atom is -0.478 e. The SMILES string of the molecule is Cc1cccc(C(C(=O)O)=C(Cl)Cl)c1.Cl. The van der Waals surface area contributed by atoms with Gasteiger partial charge in [-0.3, -0.25) is 0 Å². The molecule has 0 atom stereocenters. The molecule has 82 valence electrons. The van der Waals surface area contributed by atoms with Gasteiger partial charge in [0.1, 0.15) is 4.49 Å². The Hall–Kier alpha value is -0.700. The van der Waals surface area contributed by atoms with Crippen molar-refractivity contribution in [3.8, 4) is 0 Å². The Morgan fingerprint density at radius 3 is 2.33 bits per heavy atom. The first kappa shape index (κ1) is 14.3. The van der Waals surface area contributed by atoms with E-state index in [-0.39, 0.29) is 22.5 Å². The van der Waals surface area contributed by atoms with Crippen molar-refractivity contribution >= 4 is 47.2 Å². The van der Waals surface area contributed by atoms with Gasteiger partial charge in [-0.1, -0.05) is 53.0 Å². The van der Waals surface area contributed by atoms with Crippen molar-refractivity contribution in [2.24, 2.45) is 0 Å². The lowest BCUT2D eigenvalue weighted by Crippen LogP contribution is -2.00. The third kappa shape index (κ3) is 3.74. The van der Waals surface area contributed by atoms with Gasteiger partial charge >= 0.3 is 5.97 Å². The average molecular weight is 268 g/mol. The van der Waals surface area contributed by atoms with E-state index in [1.54, 1.807) is 18.2 Å². The molecule has 0 radical (unpaired) electrons. The monoisotopic (exact) mass is 266 g/mol.